The normalized spacial score (nSPS) is 14.5. The molecule has 0 fully saturated rings. The van der Waals surface area contributed by atoms with Gasteiger partial charge in [0.1, 0.15) is 0 Å². The first-order chi connectivity index (χ1) is 15.2. The number of nitrogens with one attached hydrogen (secondary N) is 1. The second-order valence-electron chi connectivity index (χ2n) is 7.69. The summed E-state index contributed by atoms with van der Waals surface area (Å²) in [5.74, 6) is -0.585. The van der Waals surface area contributed by atoms with E-state index >= 15 is 0 Å². The van der Waals surface area contributed by atoms with Crippen LogP contribution in [0.4, 0.5) is 22.7 Å². The first-order valence-corrected chi connectivity index (χ1v) is 10.7. The van der Waals surface area contributed by atoms with Crippen molar-refractivity contribution in [3.05, 3.63) is 60.2 Å². The van der Waals surface area contributed by atoms with E-state index in [4.69, 9.17) is 0 Å². The quantitative estimate of drug-likeness (QED) is 0.637. The molecule has 0 bridgehead atoms. The van der Waals surface area contributed by atoms with Gasteiger partial charge in [0, 0.05) is 30.0 Å². The first kappa shape index (κ1) is 22.9. The Morgan fingerprint density at radius 1 is 1.16 bits per heavy atom. The molecule has 2 aromatic rings. The van der Waals surface area contributed by atoms with Gasteiger partial charge in [-0.2, -0.15) is 10.1 Å². The number of aryl methyl sites for hydroxylation is 1. The Morgan fingerprint density at radius 3 is 2.50 bits per heavy atom. The van der Waals surface area contributed by atoms with Gasteiger partial charge in [0.25, 0.3) is 11.8 Å². The first-order valence-electron chi connectivity index (χ1n) is 10.7. The highest BCUT2D eigenvalue weighted by atomic mass is 16.2. The number of amides is 2. The molecule has 2 amide bonds. The second kappa shape index (κ2) is 9.60. The van der Waals surface area contributed by atoms with Crippen LogP contribution in [-0.4, -0.2) is 36.3 Å². The molecule has 3 rings (SSSR count). The fraction of sp³-hybridized carbons (Fsp3) is 0.280. The number of rotatable bonds is 7. The van der Waals surface area contributed by atoms with E-state index in [1.54, 1.807) is 38.1 Å². The smallest absolute Gasteiger partial charge is 0.299 e. The Morgan fingerprint density at radius 2 is 1.88 bits per heavy atom. The van der Waals surface area contributed by atoms with Gasteiger partial charge in [0.2, 0.25) is 0 Å². The van der Waals surface area contributed by atoms with E-state index in [1.165, 1.54) is 5.01 Å². The van der Waals surface area contributed by atoms with Crippen LogP contribution in [0.1, 0.15) is 33.3 Å². The van der Waals surface area contributed by atoms with Gasteiger partial charge in [0.05, 0.1) is 17.1 Å². The topological polar surface area (TPSA) is 77.4 Å². The predicted octanol–water partition coefficient (Wildman–Crippen LogP) is 4.85. The average Bonchev–Trinajstić information content (AvgIpc) is 3.04. The van der Waals surface area contributed by atoms with E-state index < -0.39 is 0 Å². The summed E-state index contributed by atoms with van der Waals surface area (Å²) < 4.78 is 0. The maximum Gasteiger partial charge on any atom is 0.299 e. The molecular weight excluding hydrogens is 402 g/mol. The van der Waals surface area contributed by atoms with Gasteiger partial charge >= 0.3 is 0 Å². The molecule has 166 valence electrons. The Balaban J connectivity index is 1.87. The van der Waals surface area contributed by atoms with Gasteiger partial charge in [-0.3, -0.25) is 9.59 Å². The Bertz CT molecular complexity index is 1130. The monoisotopic (exact) mass is 431 g/mol. The Hall–Kier alpha value is -3.74. The van der Waals surface area contributed by atoms with Crippen LogP contribution in [0, 0.1) is 6.92 Å². The summed E-state index contributed by atoms with van der Waals surface area (Å²) in [7, 11) is 0. The van der Waals surface area contributed by atoms with Gasteiger partial charge in [-0.05, 0) is 76.6 Å². The number of aliphatic imine (C=N–C) groups is 1. The number of nitrogens with zero attached hydrogens (tertiary/aromatic N) is 4. The van der Waals surface area contributed by atoms with Crippen molar-refractivity contribution in [2.45, 2.75) is 34.6 Å². The highest BCUT2D eigenvalue weighted by molar-refractivity contribution is 6.71. The van der Waals surface area contributed by atoms with Gasteiger partial charge in [-0.1, -0.05) is 12.6 Å². The molecule has 7 nitrogen and oxygen atoms in total. The van der Waals surface area contributed by atoms with Gasteiger partial charge in [0.15, 0.2) is 5.71 Å². The third-order valence-corrected chi connectivity index (χ3v) is 5.27. The summed E-state index contributed by atoms with van der Waals surface area (Å²) in [6.45, 7) is 15.1. The van der Waals surface area contributed by atoms with E-state index in [-0.39, 0.29) is 11.8 Å². The highest BCUT2D eigenvalue weighted by Gasteiger charge is 2.31. The molecular formula is C25H29N5O2. The lowest BCUT2D eigenvalue weighted by Gasteiger charge is -2.21. The third-order valence-electron chi connectivity index (χ3n) is 5.27. The minimum absolute atomic E-state index is 0.277. The van der Waals surface area contributed by atoms with E-state index in [9.17, 15) is 9.59 Å². The number of benzene rings is 2. The fourth-order valence-corrected chi connectivity index (χ4v) is 3.43. The van der Waals surface area contributed by atoms with Crippen LogP contribution in [-0.2, 0) is 9.59 Å². The molecule has 0 atom stereocenters. The molecule has 0 aromatic heterocycles. The van der Waals surface area contributed by atoms with Gasteiger partial charge < -0.3 is 10.2 Å². The zero-order chi connectivity index (χ0) is 23.4. The molecule has 1 heterocycles. The average molecular weight is 432 g/mol. The minimum Gasteiger partial charge on any atom is -0.372 e. The molecule has 1 aliphatic heterocycles. The number of carbonyl (C=O) groups is 2. The van der Waals surface area contributed by atoms with Crippen molar-refractivity contribution in [1.82, 2.24) is 0 Å². The summed E-state index contributed by atoms with van der Waals surface area (Å²) >= 11 is 0. The van der Waals surface area contributed by atoms with Crippen LogP contribution in [0.5, 0.6) is 0 Å². The number of anilines is 3. The summed E-state index contributed by atoms with van der Waals surface area (Å²) in [4.78, 5) is 31.9. The molecule has 0 radical (unpaired) electrons. The largest absolute Gasteiger partial charge is 0.372 e. The van der Waals surface area contributed by atoms with Crippen molar-refractivity contribution in [1.29, 1.82) is 0 Å². The van der Waals surface area contributed by atoms with Crippen LogP contribution in [0.15, 0.2) is 64.7 Å². The molecule has 1 aliphatic rings. The highest BCUT2D eigenvalue weighted by Crippen LogP contribution is 2.28. The van der Waals surface area contributed by atoms with E-state index in [0.29, 0.717) is 28.4 Å². The number of hydrazone groups is 1. The van der Waals surface area contributed by atoms with Crippen molar-refractivity contribution in [3.8, 4) is 0 Å². The van der Waals surface area contributed by atoms with Gasteiger partial charge in [-0.15, -0.1) is 0 Å². The van der Waals surface area contributed by atoms with Crippen molar-refractivity contribution in [2.24, 2.45) is 10.1 Å². The van der Waals surface area contributed by atoms with E-state index in [0.717, 1.165) is 30.0 Å². The Labute approximate surface area is 189 Å². The standard InChI is InChI=1S/C25H29N5O2/c1-7-29(8-2)20-12-13-22(17(5)14-20)27-23-18(6)28-30(25(23)32)21-11-9-10-19(15-21)26-24(31)16(3)4/h9-15H,3,7-8H2,1-2,4-6H3,(H,26,31). The molecule has 0 saturated heterocycles. The molecule has 32 heavy (non-hydrogen) atoms. The SMILES string of the molecule is C=C(C)C(=O)Nc1cccc(N2N=C(C)C(=Nc3ccc(N(CC)CC)cc3C)C2=O)c1. The molecule has 1 N–H and O–H groups in total. The Kier molecular flexibility index (Phi) is 6.88. The summed E-state index contributed by atoms with van der Waals surface area (Å²) in [5, 5.41) is 8.47. The molecule has 0 saturated carbocycles. The minimum atomic E-state index is -0.307. The van der Waals surface area contributed by atoms with Crippen LogP contribution >= 0.6 is 0 Å². The summed E-state index contributed by atoms with van der Waals surface area (Å²) in [5.41, 5.74) is 5.22. The maximum absolute atomic E-state index is 13.1. The lowest BCUT2D eigenvalue weighted by Crippen LogP contribution is -2.27. The summed E-state index contributed by atoms with van der Waals surface area (Å²) in [6.07, 6.45) is 0. The van der Waals surface area contributed by atoms with Crippen LogP contribution in [0.3, 0.4) is 0 Å². The summed E-state index contributed by atoms with van der Waals surface area (Å²) in [6, 6.07) is 13.0. The van der Waals surface area contributed by atoms with Crippen LogP contribution in [0.25, 0.3) is 0 Å². The number of hydrogen-bond acceptors (Lipinski definition) is 5. The van der Waals surface area contributed by atoms with Gasteiger partial charge in [-0.25, -0.2) is 4.99 Å². The van der Waals surface area contributed by atoms with Crippen LogP contribution < -0.4 is 15.2 Å². The molecule has 7 heteroatoms. The number of carbonyl (C=O) groups excluding carboxylic acids is 2. The number of hydrogen-bond donors (Lipinski definition) is 1. The van der Waals surface area contributed by atoms with Crippen LogP contribution in [0.2, 0.25) is 0 Å². The van der Waals surface area contributed by atoms with Crippen molar-refractivity contribution in [2.75, 3.05) is 28.3 Å². The van der Waals surface area contributed by atoms with Crippen molar-refractivity contribution < 1.29 is 9.59 Å². The molecule has 0 unspecified atom stereocenters. The van der Waals surface area contributed by atoms with Crippen molar-refractivity contribution in [3.63, 3.8) is 0 Å². The fourth-order valence-electron chi connectivity index (χ4n) is 3.43. The van der Waals surface area contributed by atoms with E-state index in [1.807, 2.05) is 19.1 Å². The maximum atomic E-state index is 13.1. The molecule has 0 spiro atoms. The van der Waals surface area contributed by atoms with E-state index in [2.05, 4.69) is 46.8 Å². The second-order valence-corrected chi connectivity index (χ2v) is 7.69. The molecule has 0 aliphatic carbocycles. The lowest BCUT2D eigenvalue weighted by molar-refractivity contribution is -0.113. The third kappa shape index (κ3) is 4.77. The lowest BCUT2D eigenvalue weighted by atomic mass is 10.1. The molecule has 2 aromatic carbocycles. The zero-order valence-electron chi connectivity index (χ0n) is 19.3. The van der Waals surface area contributed by atoms with Crippen molar-refractivity contribution >= 4 is 46.0 Å². The zero-order valence-corrected chi connectivity index (χ0v) is 19.3. The predicted molar refractivity (Wildman–Crippen MR) is 132 cm³/mol.